The number of hydrogen-bond acceptors (Lipinski definition) is 2. The summed E-state index contributed by atoms with van der Waals surface area (Å²) in [6.07, 6.45) is 4.21. The highest BCUT2D eigenvalue weighted by molar-refractivity contribution is 8.00. The van der Waals surface area contributed by atoms with Crippen LogP contribution < -0.4 is 0 Å². The normalized spacial score (nSPS) is 26.5. The Labute approximate surface area is 95.9 Å². The van der Waals surface area contributed by atoms with E-state index >= 15 is 0 Å². The summed E-state index contributed by atoms with van der Waals surface area (Å²) < 4.78 is 0. The van der Waals surface area contributed by atoms with Gasteiger partial charge in [-0.25, -0.2) is 0 Å². The van der Waals surface area contributed by atoms with Crippen LogP contribution in [0.15, 0.2) is 29.2 Å². The van der Waals surface area contributed by atoms with Gasteiger partial charge in [-0.05, 0) is 44.7 Å². The molecule has 1 saturated carbocycles. The van der Waals surface area contributed by atoms with Gasteiger partial charge >= 0.3 is 0 Å². The number of rotatable bonds is 2. The predicted octanol–water partition coefficient (Wildman–Crippen LogP) is 3.39. The fourth-order valence-electron chi connectivity index (χ4n) is 2.04. The van der Waals surface area contributed by atoms with E-state index in [4.69, 9.17) is 0 Å². The average Bonchev–Trinajstić information content (AvgIpc) is 2.22. The summed E-state index contributed by atoms with van der Waals surface area (Å²) in [5.41, 5.74) is 1.33. The summed E-state index contributed by atoms with van der Waals surface area (Å²) in [5.74, 6) is 0. The Morgan fingerprint density at radius 1 is 1.20 bits per heavy atom. The SMILES string of the molecule is Cc1cccc(SC2CCC(O)CC2)c1. The van der Waals surface area contributed by atoms with Crippen molar-refractivity contribution >= 4 is 11.8 Å². The lowest BCUT2D eigenvalue weighted by Gasteiger charge is -2.24. The maximum atomic E-state index is 9.43. The Kier molecular flexibility index (Phi) is 3.71. The van der Waals surface area contributed by atoms with Crippen LogP contribution >= 0.6 is 11.8 Å². The zero-order chi connectivity index (χ0) is 10.7. The molecule has 0 unspecified atom stereocenters. The second-order valence-electron chi connectivity index (χ2n) is 4.36. The van der Waals surface area contributed by atoms with Crippen molar-refractivity contribution in [2.45, 2.75) is 48.9 Å². The quantitative estimate of drug-likeness (QED) is 0.827. The van der Waals surface area contributed by atoms with Gasteiger partial charge in [-0.3, -0.25) is 0 Å². The maximum absolute atomic E-state index is 9.43. The second-order valence-corrected chi connectivity index (χ2v) is 5.74. The number of aliphatic hydroxyl groups excluding tert-OH is 1. The van der Waals surface area contributed by atoms with Gasteiger partial charge in [-0.15, -0.1) is 11.8 Å². The van der Waals surface area contributed by atoms with Crippen molar-refractivity contribution in [3.63, 3.8) is 0 Å². The standard InChI is InChI=1S/C13H18OS/c1-10-3-2-4-13(9-10)15-12-7-5-11(14)6-8-12/h2-4,9,11-12,14H,5-8H2,1H3. The first-order chi connectivity index (χ1) is 7.24. The molecule has 15 heavy (non-hydrogen) atoms. The van der Waals surface area contributed by atoms with Gasteiger partial charge in [-0.1, -0.05) is 17.7 Å². The number of benzene rings is 1. The molecule has 0 radical (unpaired) electrons. The molecule has 0 atom stereocenters. The molecule has 0 aromatic heterocycles. The Morgan fingerprint density at radius 3 is 2.60 bits per heavy atom. The van der Waals surface area contributed by atoms with Crippen LogP contribution in [0.3, 0.4) is 0 Å². The summed E-state index contributed by atoms with van der Waals surface area (Å²) in [6, 6.07) is 8.68. The first kappa shape index (κ1) is 11.0. The van der Waals surface area contributed by atoms with Gasteiger partial charge in [0.05, 0.1) is 6.10 Å². The number of hydrogen-bond donors (Lipinski definition) is 1. The third-order valence-electron chi connectivity index (χ3n) is 2.94. The first-order valence-electron chi connectivity index (χ1n) is 5.65. The Morgan fingerprint density at radius 2 is 1.93 bits per heavy atom. The van der Waals surface area contributed by atoms with Crippen molar-refractivity contribution in [2.24, 2.45) is 0 Å². The Bertz CT molecular complexity index is 316. The molecular formula is C13H18OS. The van der Waals surface area contributed by atoms with Crippen LogP contribution in [0.5, 0.6) is 0 Å². The molecule has 0 aliphatic heterocycles. The smallest absolute Gasteiger partial charge is 0.0541 e. The third-order valence-corrected chi connectivity index (χ3v) is 4.27. The molecule has 1 fully saturated rings. The van der Waals surface area contributed by atoms with Gasteiger partial charge in [-0.2, -0.15) is 0 Å². The van der Waals surface area contributed by atoms with Gasteiger partial charge in [0.25, 0.3) is 0 Å². The first-order valence-corrected chi connectivity index (χ1v) is 6.53. The molecule has 1 aromatic rings. The number of aliphatic hydroxyl groups is 1. The summed E-state index contributed by atoms with van der Waals surface area (Å²) in [4.78, 5) is 1.37. The average molecular weight is 222 g/mol. The van der Waals surface area contributed by atoms with E-state index in [0.29, 0.717) is 5.25 Å². The van der Waals surface area contributed by atoms with Gasteiger partial charge in [0.1, 0.15) is 0 Å². The molecule has 0 spiro atoms. The second kappa shape index (κ2) is 5.04. The van der Waals surface area contributed by atoms with Crippen LogP contribution in [0.2, 0.25) is 0 Å². The summed E-state index contributed by atoms with van der Waals surface area (Å²) in [7, 11) is 0. The van der Waals surface area contributed by atoms with E-state index in [1.165, 1.54) is 10.5 Å². The third kappa shape index (κ3) is 3.25. The van der Waals surface area contributed by atoms with Gasteiger partial charge in [0.15, 0.2) is 0 Å². The molecule has 1 aliphatic rings. The van der Waals surface area contributed by atoms with Crippen LogP contribution in [0.25, 0.3) is 0 Å². The lowest BCUT2D eigenvalue weighted by molar-refractivity contribution is 0.132. The zero-order valence-corrected chi connectivity index (χ0v) is 9.96. The van der Waals surface area contributed by atoms with E-state index in [0.717, 1.165) is 25.7 Å². The van der Waals surface area contributed by atoms with E-state index in [9.17, 15) is 5.11 Å². The van der Waals surface area contributed by atoms with Crippen LogP contribution in [-0.4, -0.2) is 16.5 Å². The minimum atomic E-state index is -0.0423. The largest absolute Gasteiger partial charge is 0.393 e. The molecule has 1 aliphatic carbocycles. The molecule has 1 aromatic carbocycles. The monoisotopic (exact) mass is 222 g/mol. The Hall–Kier alpha value is -0.470. The van der Waals surface area contributed by atoms with E-state index in [1.54, 1.807) is 0 Å². The van der Waals surface area contributed by atoms with Crippen LogP contribution in [0.4, 0.5) is 0 Å². The van der Waals surface area contributed by atoms with Crippen molar-refractivity contribution < 1.29 is 5.11 Å². The fraction of sp³-hybridized carbons (Fsp3) is 0.538. The minimum absolute atomic E-state index is 0.0423. The molecule has 1 nitrogen and oxygen atoms in total. The molecule has 2 rings (SSSR count). The van der Waals surface area contributed by atoms with Crippen molar-refractivity contribution in [3.8, 4) is 0 Å². The molecule has 82 valence electrons. The van der Waals surface area contributed by atoms with Gasteiger partial charge in [0, 0.05) is 10.1 Å². The lowest BCUT2D eigenvalue weighted by atomic mass is 9.97. The molecule has 0 bridgehead atoms. The number of thioether (sulfide) groups is 1. The van der Waals surface area contributed by atoms with Crippen molar-refractivity contribution in [1.82, 2.24) is 0 Å². The van der Waals surface area contributed by atoms with E-state index in [1.807, 2.05) is 11.8 Å². The molecular weight excluding hydrogens is 204 g/mol. The zero-order valence-electron chi connectivity index (χ0n) is 9.15. The summed E-state index contributed by atoms with van der Waals surface area (Å²) in [5, 5.41) is 10.1. The lowest BCUT2D eigenvalue weighted by Crippen LogP contribution is -2.19. The van der Waals surface area contributed by atoms with Crippen LogP contribution in [-0.2, 0) is 0 Å². The highest BCUT2D eigenvalue weighted by atomic mass is 32.2. The van der Waals surface area contributed by atoms with Crippen molar-refractivity contribution in [3.05, 3.63) is 29.8 Å². The predicted molar refractivity (Wildman–Crippen MR) is 65.3 cm³/mol. The Balaban J connectivity index is 1.92. The highest BCUT2D eigenvalue weighted by Crippen LogP contribution is 2.33. The summed E-state index contributed by atoms with van der Waals surface area (Å²) in [6.45, 7) is 2.13. The van der Waals surface area contributed by atoms with E-state index in [2.05, 4.69) is 31.2 Å². The van der Waals surface area contributed by atoms with Gasteiger partial charge < -0.3 is 5.11 Å². The van der Waals surface area contributed by atoms with E-state index in [-0.39, 0.29) is 6.10 Å². The van der Waals surface area contributed by atoms with Crippen LogP contribution in [0.1, 0.15) is 31.2 Å². The van der Waals surface area contributed by atoms with Gasteiger partial charge in [0.2, 0.25) is 0 Å². The molecule has 0 heterocycles. The van der Waals surface area contributed by atoms with Crippen molar-refractivity contribution in [1.29, 1.82) is 0 Å². The number of aryl methyl sites for hydroxylation is 1. The minimum Gasteiger partial charge on any atom is -0.393 e. The highest BCUT2D eigenvalue weighted by Gasteiger charge is 2.19. The molecule has 0 saturated heterocycles. The molecule has 2 heteroatoms. The molecule has 0 amide bonds. The fourth-order valence-corrected chi connectivity index (χ4v) is 3.35. The van der Waals surface area contributed by atoms with Crippen molar-refractivity contribution in [2.75, 3.05) is 0 Å². The summed E-state index contributed by atoms with van der Waals surface area (Å²) >= 11 is 1.97. The maximum Gasteiger partial charge on any atom is 0.0541 e. The molecule has 1 N–H and O–H groups in total. The topological polar surface area (TPSA) is 20.2 Å². The van der Waals surface area contributed by atoms with Crippen LogP contribution in [0, 0.1) is 6.92 Å². The van der Waals surface area contributed by atoms with E-state index < -0.39 is 0 Å².